The number of aromatic amines is 1. The molecule has 0 amide bonds. The zero-order chi connectivity index (χ0) is 19.1. The van der Waals surface area contributed by atoms with Crippen LogP contribution in [0.5, 0.6) is 11.6 Å². The van der Waals surface area contributed by atoms with E-state index in [-0.39, 0.29) is 11.4 Å². The van der Waals surface area contributed by atoms with Gasteiger partial charge in [0, 0.05) is 36.1 Å². The second-order valence-electron chi connectivity index (χ2n) is 7.53. The molecule has 6 heteroatoms. The molecule has 0 bridgehead atoms. The molecular formula is C22H23N3O3. The van der Waals surface area contributed by atoms with Gasteiger partial charge in [-0.25, -0.2) is 0 Å². The highest BCUT2D eigenvalue weighted by Crippen LogP contribution is 2.41. The third-order valence-corrected chi connectivity index (χ3v) is 5.72. The quantitative estimate of drug-likeness (QED) is 0.728. The number of aromatic nitrogens is 2. The number of hydrogen-bond acceptors (Lipinski definition) is 5. The van der Waals surface area contributed by atoms with Gasteiger partial charge in [-0.3, -0.25) is 4.79 Å². The van der Waals surface area contributed by atoms with E-state index < -0.39 is 0 Å². The zero-order valence-electron chi connectivity index (χ0n) is 15.9. The predicted molar refractivity (Wildman–Crippen MR) is 107 cm³/mol. The average molecular weight is 377 g/mol. The maximum Gasteiger partial charge on any atom is 0.215 e. The van der Waals surface area contributed by atoms with Gasteiger partial charge in [-0.2, -0.15) is 4.98 Å². The van der Waals surface area contributed by atoms with Crippen molar-refractivity contribution in [2.45, 2.75) is 31.8 Å². The lowest BCUT2D eigenvalue weighted by atomic mass is 9.82. The Morgan fingerprint density at radius 2 is 2.04 bits per heavy atom. The van der Waals surface area contributed by atoms with Crippen molar-refractivity contribution in [2.75, 3.05) is 19.7 Å². The number of ether oxygens (including phenoxy) is 2. The summed E-state index contributed by atoms with van der Waals surface area (Å²) in [4.78, 5) is 20.5. The summed E-state index contributed by atoms with van der Waals surface area (Å²) in [5.74, 6) is 1.48. The highest BCUT2D eigenvalue weighted by atomic mass is 16.5. The van der Waals surface area contributed by atoms with Gasteiger partial charge in [-0.05, 0) is 43.8 Å². The Bertz CT molecular complexity index is 1050. The van der Waals surface area contributed by atoms with E-state index in [0.717, 1.165) is 48.1 Å². The first-order valence-corrected chi connectivity index (χ1v) is 9.86. The lowest BCUT2D eigenvalue weighted by Gasteiger charge is -2.41. The summed E-state index contributed by atoms with van der Waals surface area (Å²) in [5, 5.41) is 4.37. The van der Waals surface area contributed by atoms with Crippen LogP contribution in [0, 0.1) is 0 Å². The van der Waals surface area contributed by atoms with Crippen molar-refractivity contribution in [1.29, 1.82) is 0 Å². The number of pyridine rings is 1. The van der Waals surface area contributed by atoms with Gasteiger partial charge in [0.25, 0.3) is 0 Å². The van der Waals surface area contributed by atoms with Crippen molar-refractivity contribution >= 4 is 16.8 Å². The van der Waals surface area contributed by atoms with Crippen molar-refractivity contribution in [2.24, 2.45) is 0 Å². The van der Waals surface area contributed by atoms with Crippen LogP contribution < -0.4 is 14.8 Å². The van der Waals surface area contributed by atoms with E-state index in [1.807, 2.05) is 43.5 Å². The van der Waals surface area contributed by atoms with Crippen LogP contribution in [0.25, 0.3) is 22.2 Å². The van der Waals surface area contributed by atoms with E-state index in [1.165, 1.54) is 0 Å². The van der Waals surface area contributed by atoms with E-state index in [2.05, 4.69) is 15.3 Å². The van der Waals surface area contributed by atoms with E-state index >= 15 is 0 Å². The Morgan fingerprint density at radius 1 is 1.18 bits per heavy atom. The fourth-order valence-corrected chi connectivity index (χ4v) is 4.28. The zero-order valence-corrected chi connectivity index (χ0v) is 15.9. The van der Waals surface area contributed by atoms with Crippen LogP contribution in [0.2, 0.25) is 0 Å². The van der Waals surface area contributed by atoms with Crippen LogP contribution in [0.1, 0.15) is 36.5 Å². The molecule has 2 N–H and O–H groups in total. The van der Waals surface area contributed by atoms with Gasteiger partial charge >= 0.3 is 0 Å². The standard InChI is InChI=1S/C22H23N3O3/c1-2-27-20-6-5-15-17(13-24-21(15)25-20)14-3-4-16-18(26)12-22(28-19(16)11-14)7-9-23-10-8-22/h3-6,11,13,23H,2,7-10,12H2,1H3,(H,24,25). The summed E-state index contributed by atoms with van der Waals surface area (Å²) >= 11 is 0. The number of Topliss-reactive ketones (excluding diaryl/α,β-unsaturated/α-hetero) is 1. The van der Waals surface area contributed by atoms with Gasteiger partial charge in [0.2, 0.25) is 5.88 Å². The average Bonchev–Trinajstić information content (AvgIpc) is 3.11. The van der Waals surface area contributed by atoms with Gasteiger partial charge in [-0.1, -0.05) is 6.07 Å². The molecule has 0 radical (unpaired) electrons. The molecular weight excluding hydrogens is 354 g/mol. The topological polar surface area (TPSA) is 76.2 Å². The van der Waals surface area contributed by atoms with E-state index in [4.69, 9.17) is 9.47 Å². The van der Waals surface area contributed by atoms with Gasteiger partial charge < -0.3 is 19.8 Å². The van der Waals surface area contributed by atoms with Crippen LogP contribution in [0.4, 0.5) is 0 Å². The Balaban J connectivity index is 1.53. The molecule has 1 spiro atoms. The summed E-state index contributed by atoms with van der Waals surface area (Å²) in [6, 6.07) is 9.77. The molecule has 1 aromatic carbocycles. The first kappa shape index (κ1) is 17.3. The van der Waals surface area contributed by atoms with Crippen molar-refractivity contribution in [3.8, 4) is 22.8 Å². The number of H-pyrrole nitrogens is 1. The van der Waals surface area contributed by atoms with Gasteiger partial charge in [0.05, 0.1) is 18.6 Å². The molecule has 4 heterocycles. The molecule has 5 rings (SSSR count). The number of hydrogen-bond donors (Lipinski definition) is 2. The molecule has 1 saturated heterocycles. The number of ketones is 1. The molecule has 2 aliphatic heterocycles. The van der Waals surface area contributed by atoms with Crippen molar-refractivity contribution < 1.29 is 14.3 Å². The van der Waals surface area contributed by atoms with Crippen molar-refractivity contribution in [3.63, 3.8) is 0 Å². The molecule has 2 aliphatic rings. The number of carbonyl (C=O) groups is 1. The molecule has 3 aromatic rings. The normalized spacial score (nSPS) is 18.1. The Hall–Kier alpha value is -2.86. The fourth-order valence-electron chi connectivity index (χ4n) is 4.28. The number of rotatable bonds is 3. The first-order chi connectivity index (χ1) is 13.7. The fraction of sp³-hybridized carbons (Fsp3) is 0.364. The number of benzene rings is 1. The number of nitrogens with one attached hydrogen (secondary N) is 2. The Morgan fingerprint density at radius 3 is 2.86 bits per heavy atom. The molecule has 0 atom stereocenters. The molecule has 1 fully saturated rings. The summed E-state index contributed by atoms with van der Waals surface area (Å²) in [7, 11) is 0. The smallest absolute Gasteiger partial charge is 0.215 e. The van der Waals surface area contributed by atoms with E-state index in [1.54, 1.807) is 0 Å². The monoisotopic (exact) mass is 377 g/mol. The molecule has 0 unspecified atom stereocenters. The summed E-state index contributed by atoms with van der Waals surface area (Å²) in [6.45, 7) is 4.30. The lowest BCUT2D eigenvalue weighted by molar-refractivity contribution is 0.0188. The maximum atomic E-state index is 12.7. The van der Waals surface area contributed by atoms with E-state index in [0.29, 0.717) is 30.2 Å². The molecule has 0 aliphatic carbocycles. The minimum Gasteiger partial charge on any atom is -0.486 e. The van der Waals surface area contributed by atoms with E-state index in [9.17, 15) is 4.79 Å². The maximum absolute atomic E-state index is 12.7. The van der Waals surface area contributed by atoms with Crippen molar-refractivity contribution in [1.82, 2.24) is 15.3 Å². The van der Waals surface area contributed by atoms with Crippen LogP contribution in [0.15, 0.2) is 36.5 Å². The minimum atomic E-state index is -0.359. The second kappa shape index (κ2) is 6.63. The highest BCUT2D eigenvalue weighted by molar-refractivity contribution is 6.02. The van der Waals surface area contributed by atoms with Crippen molar-refractivity contribution in [3.05, 3.63) is 42.1 Å². The van der Waals surface area contributed by atoms with Crippen LogP contribution in [0.3, 0.4) is 0 Å². The number of piperidine rings is 1. The Labute approximate surface area is 163 Å². The number of nitrogens with zero attached hydrogens (tertiary/aromatic N) is 1. The second-order valence-corrected chi connectivity index (χ2v) is 7.53. The van der Waals surface area contributed by atoms with Crippen LogP contribution in [-0.2, 0) is 0 Å². The highest BCUT2D eigenvalue weighted by Gasteiger charge is 2.41. The predicted octanol–water partition coefficient (Wildman–Crippen LogP) is 3.72. The summed E-state index contributed by atoms with van der Waals surface area (Å²) < 4.78 is 11.9. The number of carbonyl (C=O) groups excluding carboxylic acids is 1. The Kier molecular flexibility index (Phi) is 4.09. The summed E-state index contributed by atoms with van der Waals surface area (Å²) in [5.41, 5.74) is 3.15. The summed E-state index contributed by atoms with van der Waals surface area (Å²) in [6.07, 6.45) is 4.14. The minimum absolute atomic E-state index is 0.177. The molecule has 6 nitrogen and oxygen atoms in total. The van der Waals surface area contributed by atoms with Crippen LogP contribution in [-0.4, -0.2) is 41.0 Å². The largest absolute Gasteiger partial charge is 0.486 e. The van der Waals surface area contributed by atoms with Gasteiger partial charge in [0.15, 0.2) is 5.78 Å². The third-order valence-electron chi connectivity index (χ3n) is 5.72. The van der Waals surface area contributed by atoms with Crippen LogP contribution >= 0.6 is 0 Å². The molecule has 0 saturated carbocycles. The molecule has 2 aromatic heterocycles. The SMILES string of the molecule is CCOc1ccc2c(-c3ccc4c(c3)OC3(CCNCC3)CC4=O)c[nH]c2n1. The molecule has 144 valence electrons. The molecule has 28 heavy (non-hydrogen) atoms. The van der Waals surface area contributed by atoms with Gasteiger partial charge in [-0.15, -0.1) is 0 Å². The lowest BCUT2D eigenvalue weighted by Crippen LogP contribution is -2.49. The third kappa shape index (κ3) is 2.85. The number of fused-ring (bicyclic) bond motifs is 2. The van der Waals surface area contributed by atoms with Gasteiger partial charge in [0.1, 0.15) is 17.0 Å². The first-order valence-electron chi connectivity index (χ1n) is 9.86.